The van der Waals surface area contributed by atoms with Crippen molar-refractivity contribution in [3.63, 3.8) is 0 Å². The van der Waals surface area contributed by atoms with Gasteiger partial charge in [0.1, 0.15) is 10.6 Å². The normalized spacial score (nSPS) is 15.6. The monoisotopic (exact) mass is 408 g/mol. The Bertz CT molecular complexity index is 1200. The Morgan fingerprint density at radius 3 is 2.15 bits per heavy atom. The Morgan fingerprint density at radius 1 is 0.889 bits per heavy atom. The molecule has 0 fully saturated rings. The van der Waals surface area contributed by atoms with Crippen LogP contribution in [0.3, 0.4) is 0 Å². The minimum Gasteiger partial charge on any atom is -0.287 e. The summed E-state index contributed by atoms with van der Waals surface area (Å²) in [5.74, 6) is -0.657. The van der Waals surface area contributed by atoms with Crippen molar-refractivity contribution in [1.82, 2.24) is 0 Å². The molecule has 11 heteroatoms. The van der Waals surface area contributed by atoms with Crippen LogP contribution in [0, 0.1) is 0 Å². The third-order valence-corrected chi connectivity index (χ3v) is 5.35. The lowest BCUT2D eigenvalue weighted by Gasteiger charge is -2.16. The number of para-hydroxylation sites is 1. The summed E-state index contributed by atoms with van der Waals surface area (Å²) in [6.45, 7) is 0. The van der Waals surface area contributed by atoms with Gasteiger partial charge in [0.15, 0.2) is 0 Å². The first kappa shape index (κ1) is 18.9. The molecule has 27 heavy (non-hydrogen) atoms. The fourth-order valence-corrected chi connectivity index (χ4v) is 3.83. The fourth-order valence-electron chi connectivity index (χ4n) is 2.46. The van der Waals surface area contributed by atoms with Gasteiger partial charge in [0.25, 0.3) is 20.2 Å². The van der Waals surface area contributed by atoms with Crippen molar-refractivity contribution in [2.45, 2.75) is 9.79 Å². The number of benzene rings is 2. The molecule has 0 bridgehead atoms. The molecule has 3 rings (SSSR count). The lowest BCUT2D eigenvalue weighted by molar-refractivity contribution is -0.108. The van der Waals surface area contributed by atoms with Gasteiger partial charge < -0.3 is 0 Å². The summed E-state index contributed by atoms with van der Waals surface area (Å²) in [6, 6.07) is 10.0. The Morgan fingerprint density at radius 2 is 1.56 bits per heavy atom. The zero-order chi connectivity index (χ0) is 19.8. The van der Waals surface area contributed by atoms with Crippen molar-refractivity contribution in [1.29, 1.82) is 0 Å². The number of hydrogen-bond acceptors (Lipinski definition) is 7. The smallest absolute Gasteiger partial charge is 0.287 e. The van der Waals surface area contributed by atoms with Gasteiger partial charge in [-0.2, -0.15) is 21.9 Å². The Balaban J connectivity index is 2.25. The van der Waals surface area contributed by atoms with Gasteiger partial charge in [-0.3, -0.25) is 19.3 Å². The number of nitrogens with one attached hydrogen (secondary N) is 1. The highest BCUT2D eigenvalue weighted by atomic mass is 32.2. The number of carbonyl (C=O) groups is 1. The summed E-state index contributed by atoms with van der Waals surface area (Å²) in [7, 11) is -9.69. The topological polar surface area (TPSA) is 150 Å². The molecule has 1 aliphatic carbocycles. The van der Waals surface area contributed by atoms with Crippen molar-refractivity contribution in [3.8, 4) is 0 Å². The van der Waals surface area contributed by atoms with Crippen LogP contribution in [0.2, 0.25) is 0 Å². The van der Waals surface area contributed by atoms with Gasteiger partial charge >= 0.3 is 0 Å². The van der Waals surface area contributed by atoms with E-state index < -0.39 is 35.8 Å². The van der Waals surface area contributed by atoms with E-state index in [9.17, 15) is 30.7 Å². The fraction of sp³-hybridized carbons (Fsp3) is 0. The van der Waals surface area contributed by atoms with Crippen molar-refractivity contribution < 1.29 is 30.7 Å². The molecule has 0 radical (unpaired) electrons. The minimum atomic E-state index is -4.94. The van der Waals surface area contributed by atoms with E-state index in [-0.39, 0.29) is 16.8 Å². The van der Waals surface area contributed by atoms with Gasteiger partial charge in [-0.1, -0.05) is 24.3 Å². The summed E-state index contributed by atoms with van der Waals surface area (Å²) in [6.07, 6.45) is 2.23. The molecule has 0 heterocycles. The van der Waals surface area contributed by atoms with E-state index in [1.54, 1.807) is 30.3 Å². The van der Waals surface area contributed by atoms with E-state index in [2.05, 4.69) is 10.5 Å². The largest absolute Gasteiger partial charge is 0.295 e. The molecular weight excluding hydrogens is 396 g/mol. The van der Waals surface area contributed by atoms with E-state index in [1.807, 2.05) is 0 Å². The van der Waals surface area contributed by atoms with E-state index in [1.165, 1.54) is 6.08 Å². The molecule has 0 atom stereocenters. The van der Waals surface area contributed by atoms with Crippen molar-refractivity contribution in [3.05, 3.63) is 59.7 Å². The maximum atomic E-state index is 12.2. The van der Waals surface area contributed by atoms with Crippen LogP contribution in [-0.4, -0.2) is 37.4 Å². The lowest BCUT2D eigenvalue weighted by atomic mass is 9.94. The van der Waals surface area contributed by atoms with Crippen LogP contribution in [0.15, 0.2) is 63.4 Å². The molecule has 0 unspecified atom stereocenters. The molecule has 0 spiro atoms. The number of rotatable bonds is 4. The molecule has 0 saturated carbocycles. The molecule has 3 N–H and O–H groups in total. The highest BCUT2D eigenvalue weighted by Crippen LogP contribution is 2.29. The average molecular weight is 408 g/mol. The highest BCUT2D eigenvalue weighted by Gasteiger charge is 2.30. The van der Waals surface area contributed by atoms with Gasteiger partial charge in [0.05, 0.1) is 10.6 Å². The number of anilines is 1. The van der Waals surface area contributed by atoms with Crippen LogP contribution in [0.5, 0.6) is 0 Å². The number of nitrogens with zero attached hydrogens (tertiary/aromatic N) is 1. The van der Waals surface area contributed by atoms with E-state index >= 15 is 0 Å². The molecule has 2 aromatic rings. The second kappa shape index (κ2) is 6.70. The van der Waals surface area contributed by atoms with Gasteiger partial charge in [0, 0.05) is 5.56 Å². The molecule has 0 aromatic heterocycles. The molecule has 9 nitrogen and oxygen atoms in total. The van der Waals surface area contributed by atoms with Gasteiger partial charge in [-0.15, -0.1) is 0 Å². The Hall–Kier alpha value is -2.86. The van der Waals surface area contributed by atoms with Crippen molar-refractivity contribution >= 4 is 43.5 Å². The standard InChI is InChI=1S/C16H12N2O7S2/c19-13-7-6-10-8-12(26(20,21)22)9-14(27(23,24)25)15(10)16(13)18-17-11-4-2-1-3-5-11/h1-9,17H,(H,20,21,22)(H,23,24,25)/b18-16+. The lowest BCUT2D eigenvalue weighted by Crippen LogP contribution is -2.23. The Labute approximate surface area is 154 Å². The summed E-state index contributed by atoms with van der Waals surface area (Å²) in [5.41, 5.74) is 2.47. The third-order valence-electron chi connectivity index (χ3n) is 3.64. The van der Waals surface area contributed by atoms with Gasteiger partial charge in [-0.25, -0.2) is 0 Å². The van der Waals surface area contributed by atoms with Crippen LogP contribution >= 0.6 is 0 Å². The van der Waals surface area contributed by atoms with E-state index in [0.29, 0.717) is 11.8 Å². The quantitative estimate of drug-likeness (QED) is 0.510. The molecule has 0 aliphatic heterocycles. The second-order valence-corrected chi connectivity index (χ2v) is 8.28. The number of hydrazone groups is 1. The minimum absolute atomic E-state index is 0.0223. The van der Waals surface area contributed by atoms with Gasteiger partial charge in [-0.05, 0) is 35.9 Å². The molecule has 0 amide bonds. The van der Waals surface area contributed by atoms with Crippen molar-refractivity contribution in [2.75, 3.05) is 5.43 Å². The van der Waals surface area contributed by atoms with E-state index in [0.717, 1.165) is 12.1 Å². The van der Waals surface area contributed by atoms with Crippen LogP contribution in [0.1, 0.15) is 11.1 Å². The molecule has 0 saturated heterocycles. The zero-order valence-electron chi connectivity index (χ0n) is 13.4. The average Bonchev–Trinajstić information content (AvgIpc) is 2.59. The van der Waals surface area contributed by atoms with Crippen LogP contribution in [0.4, 0.5) is 5.69 Å². The van der Waals surface area contributed by atoms with E-state index in [4.69, 9.17) is 0 Å². The predicted molar refractivity (Wildman–Crippen MR) is 96.7 cm³/mol. The SMILES string of the molecule is O=C1C=Cc2cc(S(=O)(=O)O)cc(S(=O)(=O)O)c2/C1=N/Nc1ccccc1. The summed E-state index contributed by atoms with van der Waals surface area (Å²) in [4.78, 5) is 10.6. The highest BCUT2D eigenvalue weighted by molar-refractivity contribution is 7.86. The van der Waals surface area contributed by atoms with Crippen molar-refractivity contribution in [2.24, 2.45) is 5.10 Å². The number of hydrogen-bond donors (Lipinski definition) is 3. The number of carbonyl (C=O) groups excluding carboxylic acids is 1. The maximum Gasteiger partial charge on any atom is 0.295 e. The number of ketones is 1. The van der Waals surface area contributed by atoms with Crippen LogP contribution in [0.25, 0.3) is 6.08 Å². The summed E-state index contributed by atoms with van der Waals surface area (Å²) in [5, 5.41) is 3.92. The first-order chi connectivity index (χ1) is 12.6. The maximum absolute atomic E-state index is 12.2. The molecule has 2 aromatic carbocycles. The zero-order valence-corrected chi connectivity index (χ0v) is 15.0. The molecular formula is C16H12N2O7S2. The number of allylic oxidation sites excluding steroid dienone is 1. The molecule has 1 aliphatic rings. The van der Waals surface area contributed by atoms with Crippen LogP contribution < -0.4 is 5.43 Å². The molecule has 140 valence electrons. The van der Waals surface area contributed by atoms with Gasteiger partial charge in [0.2, 0.25) is 5.78 Å². The third kappa shape index (κ3) is 3.95. The summed E-state index contributed by atoms with van der Waals surface area (Å²) < 4.78 is 65.1. The first-order valence-electron chi connectivity index (χ1n) is 7.32. The predicted octanol–water partition coefficient (Wildman–Crippen LogP) is 1.59. The number of fused-ring (bicyclic) bond motifs is 1. The second-order valence-electron chi connectivity index (χ2n) is 5.47. The Kier molecular flexibility index (Phi) is 4.70. The first-order valence-corrected chi connectivity index (χ1v) is 10.2. The summed E-state index contributed by atoms with van der Waals surface area (Å²) >= 11 is 0. The van der Waals surface area contributed by atoms with Crippen LogP contribution in [-0.2, 0) is 25.0 Å².